The van der Waals surface area contributed by atoms with Crippen molar-refractivity contribution in [2.24, 2.45) is 0 Å². The summed E-state index contributed by atoms with van der Waals surface area (Å²) in [7, 11) is 0. The first kappa shape index (κ1) is 62.9. The molecule has 6 nitrogen and oxygen atoms in total. The average Bonchev–Trinajstić information content (AvgIpc) is 3.29. The van der Waals surface area contributed by atoms with E-state index in [0.29, 0.717) is 25.9 Å². The zero-order valence-electron chi connectivity index (χ0n) is 43.5. The minimum Gasteiger partial charge on any atom is -0.466 e. The lowest BCUT2D eigenvalue weighted by Gasteiger charge is -2.22. The van der Waals surface area contributed by atoms with E-state index in [9.17, 15) is 19.8 Å². The second-order valence-electron chi connectivity index (χ2n) is 20.3. The fourth-order valence-electron chi connectivity index (χ4n) is 9.41. The van der Waals surface area contributed by atoms with Crippen molar-refractivity contribution in [1.29, 1.82) is 0 Å². The van der Waals surface area contributed by atoms with Crippen LogP contribution in [0.4, 0.5) is 0 Å². The molecule has 0 aliphatic heterocycles. The van der Waals surface area contributed by atoms with Crippen molar-refractivity contribution in [1.82, 2.24) is 5.32 Å². The summed E-state index contributed by atoms with van der Waals surface area (Å²) in [6.45, 7) is 4.96. The zero-order chi connectivity index (χ0) is 46.5. The Morgan fingerprint density at radius 1 is 0.375 bits per heavy atom. The molecule has 0 aliphatic carbocycles. The van der Waals surface area contributed by atoms with Crippen molar-refractivity contribution in [3.63, 3.8) is 0 Å². The van der Waals surface area contributed by atoms with E-state index in [2.05, 4.69) is 19.2 Å². The van der Waals surface area contributed by atoms with Gasteiger partial charge in [0.1, 0.15) is 0 Å². The molecule has 2 atom stereocenters. The maximum Gasteiger partial charge on any atom is 0.305 e. The zero-order valence-corrected chi connectivity index (χ0v) is 43.5. The van der Waals surface area contributed by atoms with Crippen molar-refractivity contribution < 1.29 is 24.5 Å². The first-order valence-corrected chi connectivity index (χ1v) is 29.3. The summed E-state index contributed by atoms with van der Waals surface area (Å²) in [6, 6.07) is -0.549. The van der Waals surface area contributed by atoms with Gasteiger partial charge in [0.05, 0.1) is 25.4 Å². The van der Waals surface area contributed by atoms with Gasteiger partial charge in [-0.25, -0.2) is 0 Å². The van der Waals surface area contributed by atoms with Crippen molar-refractivity contribution in [2.75, 3.05) is 13.2 Å². The average molecular weight is 907 g/mol. The van der Waals surface area contributed by atoms with Crippen LogP contribution >= 0.6 is 0 Å². The first-order valence-electron chi connectivity index (χ1n) is 29.3. The van der Waals surface area contributed by atoms with Gasteiger partial charge < -0.3 is 20.3 Å². The monoisotopic (exact) mass is 906 g/mol. The highest BCUT2D eigenvalue weighted by Gasteiger charge is 2.20. The molecule has 6 heteroatoms. The molecule has 0 spiro atoms. The smallest absolute Gasteiger partial charge is 0.305 e. The first-order chi connectivity index (χ1) is 31.5. The van der Waals surface area contributed by atoms with Gasteiger partial charge in [0, 0.05) is 12.8 Å². The number of carbonyl (C=O) groups excluding carboxylic acids is 2. The van der Waals surface area contributed by atoms with Gasteiger partial charge in [-0.05, 0) is 25.7 Å². The van der Waals surface area contributed by atoms with Gasteiger partial charge in [-0.1, -0.05) is 296 Å². The second-order valence-corrected chi connectivity index (χ2v) is 20.3. The highest BCUT2D eigenvalue weighted by atomic mass is 16.5. The lowest BCUT2D eigenvalue weighted by Crippen LogP contribution is -2.45. The molecule has 3 N–H and O–H groups in total. The maximum absolute atomic E-state index is 12.5. The van der Waals surface area contributed by atoms with Crippen LogP contribution in [-0.4, -0.2) is 47.4 Å². The summed E-state index contributed by atoms with van der Waals surface area (Å²) in [5.74, 6) is -0.0442. The molecule has 0 aliphatic rings. The Labute approximate surface area is 400 Å². The number of unbranched alkanes of at least 4 members (excludes halogenated alkanes) is 44. The van der Waals surface area contributed by atoms with Gasteiger partial charge >= 0.3 is 5.97 Å². The standard InChI is InChI=1S/C58H115NO5/c1-3-5-7-9-11-13-15-17-19-20-21-22-24-28-32-36-40-44-48-52-58(63)64-53-49-45-41-37-33-29-25-27-31-35-39-43-47-51-57(62)59-55(54-60)56(61)50-46-42-38-34-30-26-23-18-16-14-12-10-8-6-4-2/h55-56,60-61H,3-54H2,1-2H3,(H,59,62). The Bertz CT molecular complexity index is 913. The molecule has 0 heterocycles. The van der Waals surface area contributed by atoms with Crippen LogP contribution in [0.25, 0.3) is 0 Å². The van der Waals surface area contributed by atoms with Crippen LogP contribution in [0.1, 0.15) is 335 Å². The van der Waals surface area contributed by atoms with E-state index in [1.807, 2.05) is 0 Å². The normalized spacial score (nSPS) is 12.5. The lowest BCUT2D eigenvalue weighted by molar-refractivity contribution is -0.143. The Hall–Kier alpha value is -1.14. The Balaban J connectivity index is 3.40. The SMILES string of the molecule is CCCCCCCCCCCCCCCCCCCCCC(=O)OCCCCCCCCCCCCCCCC(=O)NC(CO)C(O)CCCCCCCCCCCCCCCCC. The predicted molar refractivity (Wildman–Crippen MR) is 278 cm³/mol. The van der Waals surface area contributed by atoms with Gasteiger partial charge in [-0.15, -0.1) is 0 Å². The molecule has 1 amide bonds. The number of esters is 1. The lowest BCUT2D eigenvalue weighted by atomic mass is 10.0. The van der Waals surface area contributed by atoms with Crippen LogP contribution in [0.3, 0.4) is 0 Å². The molecule has 0 saturated carbocycles. The number of amides is 1. The number of hydrogen-bond donors (Lipinski definition) is 3. The summed E-state index contributed by atoms with van der Waals surface area (Å²) in [6.07, 6.45) is 62.3. The van der Waals surface area contributed by atoms with E-state index in [1.165, 1.54) is 250 Å². The molecule has 0 aromatic heterocycles. The van der Waals surface area contributed by atoms with E-state index in [0.717, 1.165) is 51.4 Å². The van der Waals surface area contributed by atoms with Crippen molar-refractivity contribution >= 4 is 11.9 Å². The van der Waals surface area contributed by atoms with Crippen molar-refractivity contribution in [2.45, 2.75) is 347 Å². The quantitative estimate of drug-likeness (QED) is 0.0417. The molecule has 0 aromatic carbocycles. The molecule has 2 unspecified atom stereocenters. The summed E-state index contributed by atoms with van der Waals surface area (Å²) in [5, 5.41) is 23.3. The number of ether oxygens (including phenoxy) is 1. The number of aliphatic hydroxyl groups excluding tert-OH is 2. The minimum absolute atomic E-state index is 0.000405. The van der Waals surface area contributed by atoms with E-state index in [1.54, 1.807) is 0 Å². The molecule has 382 valence electrons. The molecule has 0 radical (unpaired) electrons. The molecular formula is C58H115NO5. The third kappa shape index (κ3) is 50.3. The van der Waals surface area contributed by atoms with Crippen LogP contribution in [-0.2, 0) is 14.3 Å². The van der Waals surface area contributed by atoms with E-state index in [-0.39, 0.29) is 18.5 Å². The highest BCUT2D eigenvalue weighted by Crippen LogP contribution is 2.18. The molecular weight excluding hydrogens is 791 g/mol. The molecule has 0 fully saturated rings. The maximum atomic E-state index is 12.5. The summed E-state index contributed by atoms with van der Waals surface area (Å²) in [4.78, 5) is 24.6. The number of aliphatic hydroxyl groups is 2. The number of hydrogen-bond acceptors (Lipinski definition) is 5. The van der Waals surface area contributed by atoms with E-state index >= 15 is 0 Å². The van der Waals surface area contributed by atoms with Crippen LogP contribution in [0, 0.1) is 0 Å². The van der Waals surface area contributed by atoms with Crippen LogP contribution in [0.15, 0.2) is 0 Å². The summed E-state index contributed by atoms with van der Waals surface area (Å²) in [5.41, 5.74) is 0. The number of nitrogens with one attached hydrogen (secondary N) is 1. The third-order valence-corrected chi connectivity index (χ3v) is 13.9. The van der Waals surface area contributed by atoms with Crippen LogP contribution in [0.2, 0.25) is 0 Å². The van der Waals surface area contributed by atoms with Crippen LogP contribution < -0.4 is 5.32 Å². The Morgan fingerprint density at radius 2 is 0.641 bits per heavy atom. The molecule has 0 saturated heterocycles. The van der Waals surface area contributed by atoms with Gasteiger partial charge in [0.15, 0.2) is 0 Å². The summed E-state index contributed by atoms with van der Waals surface area (Å²) < 4.78 is 5.49. The van der Waals surface area contributed by atoms with E-state index < -0.39 is 12.1 Å². The van der Waals surface area contributed by atoms with Crippen LogP contribution in [0.5, 0.6) is 0 Å². The van der Waals surface area contributed by atoms with Gasteiger partial charge in [0.2, 0.25) is 5.91 Å². The number of rotatable bonds is 55. The Morgan fingerprint density at radius 3 is 0.953 bits per heavy atom. The van der Waals surface area contributed by atoms with Gasteiger partial charge in [0.25, 0.3) is 0 Å². The minimum atomic E-state index is -0.671. The molecule has 0 bridgehead atoms. The summed E-state index contributed by atoms with van der Waals surface area (Å²) >= 11 is 0. The molecule has 64 heavy (non-hydrogen) atoms. The molecule has 0 aromatic rings. The number of carbonyl (C=O) groups is 2. The fourth-order valence-corrected chi connectivity index (χ4v) is 9.41. The molecule has 0 rings (SSSR count). The van der Waals surface area contributed by atoms with Crippen molar-refractivity contribution in [3.05, 3.63) is 0 Å². The topological polar surface area (TPSA) is 95.9 Å². The second kappa shape index (κ2) is 54.5. The van der Waals surface area contributed by atoms with Crippen molar-refractivity contribution in [3.8, 4) is 0 Å². The Kier molecular flexibility index (Phi) is 53.5. The van der Waals surface area contributed by atoms with E-state index in [4.69, 9.17) is 4.74 Å². The highest BCUT2D eigenvalue weighted by molar-refractivity contribution is 5.76. The largest absolute Gasteiger partial charge is 0.466 e. The van der Waals surface area contributed by atoms with Gasteiger partial charge in [-0.2, -0.15) is 0 Å². The predicted octanol–water partition coefficient (Wildman–Crippen LogP) is 17.9. The van der Waals surface area contributed by atoms with Gasteiger partial charge in [-0.3, -0.25) is 9.59 Å². The fraction of sp³-hybridized carbons (Fsp3) is 0.966. The third-order valence-electron chi connectivity index (χ3n) is 13.9.